The number of benzene rings is 3. The minimum Gasteiger partial charge on any atom is -0.491 e. The first-order valence-corrected chi connectivity index (χ1v) is 19.4. The third kappa shape index (κ3) is 18.0. The molecule has 2 N–H and O–H groups in total. The summed E-state index contributed by atoms with van der Waals surface area (Å²) in [6.45, 7) is 9.77. The normalized spacial score (nSPS) is 12.1. The van der Waals surface area contributed by atoms with Gasteiger partial charge in [-0.2, -0.15) is 0 Å². The van der Waals surface area contributed by atoms with Crippen LogP contribution in [0, 0.1) is 0 Å². The topological polar surface area (TPSA) is 148 Å². The number of nitrogens with zero attached hydrogens (tertiary/aromatic N) is 1. The second-order valence-corrected chi connectivity index (χ2v) is 12.7. The molecule has 0 heterocycles. The Morgan fingerprint density at radius 3 is 1.27 bits per heavy atom. The van der Waals surface area contributed by atoms with E-state index in [2.05, 4.69) is 24.3 Å². The Kier molecular flexibility index (Phi) is 22.9. The number of nitrogen functional groups attached to an aromatic ring is 1. The highest BCUT2D eigenvalue weighted by Crippen LogP contribution is 2.44. The van der Waals surface area contributed by atoms with Gasteiger partial charge in [0.25, 0.3) is 0 Å². The van der Waals surface area contributed by atoms with Crippen LogP contribution in [0.15, 0.2) is 72.8 Å². The third-order valence-electron chi connectivity index (χ3n) is 8.57. The van der Waals surface area contributed by atoms with Gasteiger partial charge in [-0.15, -0.1) is 0 Å². The zero-order valence-corrected chi connectivity index (χ0v) is 32.8. The Balaban J connectivity index is 0.807. The number of hydrogen-bond acceptors (Lipinski definition) is 13. The van der Waals surface area contributed by atoms with E-state index in [-0.39, 0.29) is 12.0 Å². The van der Waals surface area contributed by atoms with E-state index in [0.717, 1.165) is 5.75 Å². The molecule has 56 heavy (non-hydrogen) atoms. The first-order chi connectivity index (χ1) is 27.6. The third-order valence-corrected chi connectivity index (χ3v) is 8.57. The average molecular weight is 785 g/mol. The molecule has 14 heteroatoms. The van der Waals surface area contributed by atoms with Gasteiger partial charge >= 0.3 is 6.09 Å². The Bertz CT molecular complexity index is 1420. The van der Waals surface area contributed by atoms with E-state index in [0.29, 0.717) is 144 Å². The van der Waals surface area contributed by atoms with Gasteiger partial charge in [-0.05, 0) is 46.5 Å². The van der Waals surface area contributed by atoms with Crippen molar-refractivity contribution in [2.24, 2.45) is 0 Å². The van der Waals surface area contributed by atoms with Gasteiger partial charge in [-0.3, -0.25) is 0 Å². The summed E-state index contributed by atoms with van der Waals surface area (Å²) in [4.78, 5) is 14.1. The number of amides is 1. The highest BCUT2D eigenvalue weighted by atomic mass is 16.6. The lowest BCUT2D eigenvalue weighted by Gasteiger charge is -2.19. The summed E-state index contributed by atoms with van der Waals surface area (Å²) in [5.74, 6) is 0.805. The van der Waals surface area contributed by atoms with E-state index in [4.69, 9.17) is 57.8 Å². The molecule has 0 bridgehead atoms. The Morgan fingerprint density at radius 2 is 0.857 bits per heavy atom. The minimum absolute atomic E-state index is 0.0372. The maximum atomic E-state index is 12.6. The summed E-state index contributed by atoms with van der Waals surface area (Å²) in [7, 11) is 1.71. The van der Waals surface area contributed by atoms with Crippen molar-refractivity contribution < 1.29 is 56.9 Å². The van der Waals surface area contributed by atoms with Gasteiger partial charge in [-0.1, -0.05) is 48.5 Å². The predicted octanol–water partition coefficient (Wildman–Crippen LogP) is 4.68. The van der Waals surface area contributed by atoms with Gasteiger partial charge in [-0.25, -0.2) is 4.79 Å². The molecule has 0 saturated heterocycles. The van der Waals surface area contributed by atoms with Crippen molar-refractivity contribution in [3.05, 3.63) is 83.9 Å². The standard InChI is InChI=1S/C42H60N2O12/c1-44(42(45)56-34-41-39-8-4-2-6-37(39)38-7-3-5-9-40(38)41)14-15-46-16-17-47-18-19-48-20-21-49-22-23-50-24-25-51-26-27-52-28-29-53-30-31-54-32-33-55-36-12-10-35(43)11-13-36/h2-13,41H,14-34,43H2,1H3. The molecule has 1 aliphatic carbocycles. The zero-order valence-electron chi connectivity index (χ0n) is 32.8. The molecule has 3 aromatic carbocycles. The van der Waals surface area contributed by atoms with Crippen LogP contribution in [0.2, 0.25) is 0 Å². The van der Waals surface area contributed by atoms with Gasteiger partial charge in [0.05, 0.1) is 119 Å². The molecule has 0 saturated carbocycles. The van der Waals surface area contributed by atoms with Gasteiger partial charge in [0, 0.05) is 25.2 Å². The zero-order chi connectivity index (χ0) is 39.3. The molecule has 0 aliphatic heterocycles. The van der Waals surface area contributed by atoms with Gasteiger partial charge < -0.3 is 62.7 Å². The first kappa shape index (κ1) is 44.9. The smallest absolute Gasteiger partial charge is 0.409 e. The number of rotatable bonds is 33. The van der Waals surface area contributed by atoms with Crippen LogP contribution in [-0.2, 0) is 47.4 Å². The minimum atomic E-state index is -0.365. The van der Waals surface area contributed by atoms with Crippen LogP contribution >= 0.6 is 0 Å². The number of nitrogens with two attached hydrogens (primary N) is 1. The number of carbonyl (C=O) groups excluding carboxylic acids is 1. The second-order valence-electron chi connectivity index (χ2n) is 12.7. The van der Waals surface area contributed by atoms with E-state index in [1.807, 2.05) is 36.4 Å². The van der Waals surface area contributed by atoms with Crippen molar-refractivity contribution in [3.63, 3.8) is 0 Å². The number of hydrogen-bond donors (Lipinski definition) is 1. The molecule has 0 atom stereocenters. The van der Waals surface area contributed by atoms with Crippen molar-refractivity contribution in [2.45, 2.75) is 5.92 Å². The quantitative estimate of drug-likeness (QED) is 0.0674. The summed E-state index contributed by atoms with van der Waals surface area (Å²) in [6, 6.07) is 23.8. The molecular weight excluding hydrogens is 724 g/mol. The maximum Gasteiger partial charge on any atom is 0.409 e. The van der Waals surface area contributed by atoms with Crippen molar-refractivity contribution in [2.75, 3.05) is 151 Å². The molecule has 1 amide bonds. The van der Waals surface area contributed by atoms with Crippen LogP contribution in [0.4, 0.5) is 10.5 Å². The summed E-state index contributed by atoms with van der Waals surface area (Å²) in [5.41, 5.74) is 11.2. The highest BCUT2D eigenvalue weighted by molar-refractivity contribution is 5.79. The largest absolute Gasteiger partial charge is 0.491 e. The number of likely N-dealkylation sites (N-methyl/N-ethyl adjacent to an activating group) is 1. The van der Waals surface area contributed by atoms with E-state index >= 15 is 0 Å². The van der Waals surface area contributed by atoms with Crippen LogP contribution in [0.1, 0.15) is 17.0 Å². The first-order valence-electron chi connectivity index (χ1n) is 19.4. The molecule has 0 spiro atoms. The summed E-state index contributed by atoms with van der Waals surface area (Å²) in [6.07, 6.45) is -0.365. The van der Waals surface area contributed by atoms with Crippen LogP contribution in [0.5, 0.6) is 5.75 Å². The molecule has 0 radical (unpaired) electrons. The Hall–Kier alpha value is -3.83. The molecular formula is C42H60N2O12. The molecule has 310 valence electrons. The predicted molar refractivity (Wildman–Crippen MR) is 211 cm³/mol. The number of carbonyl (C=O) groups is 1. The fourth-order valence-corrected chi connectivity index (χ4v) is 5.64. The maximum absolute atomic E-state index is 12.6. The summed E-state index contributed by atoms with van der Waals surface area (Å²) < 4.78 is 60.9. The molecule has 0 unspecified atom stereocenters. The average Bonchev–Trinajstić information content (AvgIpc) is 3.54. The highest BCUT2D eigenvalue weighted by Gasteiger charge is 2.29. The lowest BCUT2D eigenvalue weighted by Crippen LogP contribution is -2.32. The monoisotopic (exact) mass is 784 g/mol. The van der Waals surface area contributed by atoms with Crippen LogP contribution in [-0.4, -0.2) is 157 Å². The van der Waals surface area contributed by atoms with Gasteiger partial charge in [0.1, 0.15) is 19.0 Å². The lowest BCUT2D eigenvalue weighted by atomic mass is 9.98. The SMILES string of the molecule is CN(CCOCCOCCOCCOCCOCCOCCOCCOCCOCCOc1ccc(N)cc1)C(=O)OCC1c2ccccc2-c2ccccc21. The van der Waals surface area contributed by atoms with Crippen molar-refractivity contribution in [3.8, 4) is 16.9 Å². The van der Waals surface area contributed by atoms with E-state index < -0.39 is 0 Å². The fourth-order valence-electron chi connectivity index (χ4n) is 5.64. The lowest BCUT2D eigenvalue weighted by molar-refractivity contribution is -0.0255. The number of fused-ring (bicyclic) bond motifs is 3. The van der Waals surface area contributed by atoms with E-state index in [1.54, 1.807) is 19.2 Å². The van der Waals surface area contributed by atoms with E-state index in [9.17, 15) is 4.79 Å². The fraction of sp³-hybridized carbons (Fsp3) is 0.548. The Labute approximate surface area is 331 Å². The number of anilines is 1. The van der Waals surface area contributed by atoms with Crippen LogP contribution in [0.25, 0.3) is 11.1 Å². The number of ether oxygens (including phenoxy) is 11. The molecule has 14 nitrogen and oxygen atoms in total. The van der Waals surface area contributed by atoms with Crippen molar-refractivity contribution >= 4 is 11.8 Å². The summed E-state index contributed by atoms with van der Waals surface area (Å²) in [5, 5.41) is 0. The molecule has 0 fully saturated rings. The van der Waals surface area contributed by atoms with Crippen molar-refractivity contribution in [1.29, 1.82) is 0 Å². The van der Waals surface area contributed by atoms with Crippen LogP contribution < -0.4 is 10.5 Å². The van der Waals surface area contributed by atoms with Crippen molar-refractivity contribution in [1.82, 2.24) is 4.90 Å². The molecule has 3 aromatic rings. The molecule has 1 aliphatic rings. The Morgan fingerprint density at radius 1 is 0.500 bits per heavy atom. The van der Waals surface area contributed by atoms with Gasteiger partial charge in [0.15, 0.2) is 0 Å². The summed E-state index contributed by atoms with van der Waals surface area (Å²) >= 11 is 0. The van der Waals surface area contributed by atoms with E-state index in [1.165, 1.54) is 27.2 Å². The second kappa shape index (κ2) is 28.5. The molecule has 4 rings (SSSR count). The molecule has 0 aromatic heterocycles. The van der Waals surface area contributed by atoms with Crippen LogP contribution in [0.3, 0.4) is 0 Å². The van der Waals surface area contributed by atoms with Gasteiger partial charge in [0.2, 0.25) is 0 Å².